The van der Waals surface area contributed by atoms with E-state index in [0.717, 1.165) is 5.70 Å². The number of nitrogens with one attached hydrogen (secondary N) is 1. The SMILES string of the molecule is CN=CC(=CN)c1ccc(F)c(N=C(N)C2=C(NC)CCN(C(C)=O)C2)c1. The van der Waals surface area contributed by atoms with E-state index in [9.17, 15) is 9.18 Å². The van der Waals surface area contributed by atoms with Gasteiger partial charge < -0.3 is 21.7 Å². The van der Waals surface area contributed by atoms with E-state index in [4.69, 9.17) is 11.5 Å². The largest absolute Gasteiger partial charge is 0.404 e. The Balaban J connectivity index is 2.44. The number of nitrogens with zero attached hydrogens (tertiary/aromatic N) is 3. The Bertz CT molecular complexity index is 841. The van der Waals surface area contributed by atoms with E-state index in [1.165, 1.54) is 19.2 Å². The van der Waals surface area contributed by atoms with E-state index < -0.39 is 5.82 Å². The molecule has 0 aliphatic carbocycles. The van der Waals surface area contributed by atoms with E-state index in [-0.39, 0.29) is 17.4 Å². The topological polar surface area (TPSA) is 109 Å². The molecule has 5 N–H and O–H groups in total. The summed E-state index contributed by atoms with van der Waals surface area (Å²) in [5.41, 5.74) is 14.8. The fourth-order valence-electron chi connectivity index (χ4n) is 2.87. The van der Waals surface area contributed by atoms with Crippen LogP contribution in [0.5, 0.6) is 0 Å². The molecule has 1 aromatic rings. The van der Waals surface area contributed by atoms with Crippen LogP contribution in [0.4, 0.5) is 10.1 Å². The van der Waals surface area contributed by atoms with Crippen molar-refractivity contribution >= 4 is 29.2 Å². The van der Waals surface area contributed by atoms with Gasteiger partial charge in [-0.3, -0.25) is 9.79 Å². The second-order valence-electron chi connectivity index (χ2n) is 6.07. The number of amidine groups is 1. The van der Waals surface area contributed by atoms with Gasteiger partial charge in [0.2, 0.25) is 5.91 Å². The lowest BCUT2D eigenvalue weighted by Crippen LogP contribution is -2.40. The number of amides is 1. The number of carbonyl (C=O) groups excluding carboxylic acids is 1. The molecule has 27 heavy (non-hydrogen) atoms. The van der Waals surface area contributed by atoms with E-state index in [2.05, 4.69) is 15.3 Å². The average Bonchev–Trinajstić information content (AvgIpc) is 2.67. The van der Waals surface area contributed by atoms with Crippen molar-refractivity contribution in [2.24, 2.45) is 21.5 Å². The highest BCUT2D eigenvalue weighted by Crippen LogP contribution is 2.25. The van der Waals surface area contributed by atoms with Crippen LogP contribution in [-0.2, 0) is 4.79 Å². The summed E-state index contributed by atoms with van der Waals surface area (Å²) in [6.45, 7) is 2.44. The number of hydrogen-bond acceptors (Lipinski definition) is 5. The molecule has 1 aliphatic heterocycles. The number of carbonyl (C=O) groups is 1. The predicted molar refractivity (Wildman–Crippen MR) is 107 cm³/mol. The Kier molecular flexibility index (Phi) is 6.70. The van der Waals surface area contributed by atoms with Gasteiger partial charge >= 0.3 is 0 Å². The summed E-state index contributed by atoms with van der Waals surface area (Å²) in [6.07, 6.45) is 3.61. The van der Waals surface area contributed by atoms with Crippen molar-refractivity contribution in [3.05, 3.63) is 47.0 Å². The van der Waals surface area contributed by atoms with Gasteiger partial charge in [-0.1, -0.05) is 6.07 Å². The van der Waals surface area contributed by atoms with Crippen LogP contribution in [0.2, 0.25) is 0 Å². The third-order valence-corrected chi connectivity index (χ3v) is 4.37. The molecule has 144 valence electrons. The molecule has 1 heterocycles. The number of allylic oxidation sites excluding steroid dienone is 1. The number of aliphatic imine (C=N–C) groups is 2. The number of halogens is 1. The maximum absolute atomic E-state index is 14.3. The summed E-state index contributed by atoms with van der Waals surface area (Å²) in [6, 6.07) is 4.47. The van der Waals surface area contributed by atoms with Crippen molar-refractivity contribution in [3.63, 3.8) is 0 Å². The van der Waals surface area contributed by atoms with Gasteiger partial charge in [-0.05, 0) is 17.7 Å². The van der Waals surface area contributed by atoms with Crippen molar-refractivity contribution in [2.75, 3.05) is 27.2 Å². The van der Waals surface area contributed by atoms with Crippen LogP contribution >= 0.6 is 0 Å². The standard InChI is InChI=1S/C19H25FN6O/c1-12(27)26-7-6-17(24-3)15(11-26)19(22)25-18-8-13(4-5-16(18)20)14(9-21)10-23-2/h4-5,8-10,24H,6-7,11,21H2,1-3H3,(H2,22,25). The highest BCUT2D eigenvalue weighted by Gasteiger charge is 2.22. The molecule has 0 bridgehead atoms. The third kappa shape index (κ3) is 4.72. The van der Waals surface area contributed by atoms with Crippen LogP contribution in [0.3, 0.4) is 0 Å². The van der Waals surface area contributed by atoms with E-state index in [1.54, 1.807) is 37.3 Å². The molecule has 1 aliphatic rings. The molecule has 0 saturated carbocycles. The monoisotopic (exact) mass is 372 g/mol. The molecule has 0 radical (unpaired) electrons. The van der Waals surface area contributed by atoms with Crippen molar-refractivity contribution < 1.29 is 9.18 Å². The first-order chi connectivity index (χ1) is 12.9. The summed E-state index contributed by atoms with van der Waals surface area (Å²) in [4.78, 5) is 21.6. The Hall–Kier alpha value is -3.16. The minimum absolute atomic E-state index is 0.0415. The Morgan fingerprint density at radius 2 is 2.15 bits per heavy atom. The zero-order valence-electron chi connectivity index (χ0n) is 15.8. The number of hydrogen-bond donors (Lipinski definition) is 3. The molecule has 0 unspecified atom stereocenters. The van der Waals surface area contributed by atoms with Crippen LogP contribution in [-0.4, -0.2) is 50.0 Å². The average molecular weight is 372 g/mol. The summed E-state index contributed by atoms with van der Waals surface area (Å²) < 4.78 is 14.3. The number of benzene rings is 1. The number of nitrogens with two attached hydrogens (primary N) is 2. The normalized spacial score (nSPS) is 16.2. The van der Waals surface area contributed by atoms with Gasteiger partial charge in [-0.25, -0.2) is 9.38 Å². The van der Waals surface area contributed by atoms with Gasteiger partial charge in [0.05, 0.1) is 6.54 Å². The molecule has 0 spiro atoms. The molecule has 7 nitrogen and oxygen atoms in total. The van der Waals surface area contributed by atoms with Crippen molar-refractivity contribution in [1.29, 1.82) is 0 Å². The first kappa shape index (κ1) is 20.2. The van der Waals surface area contributed by atoms with E-state index in [0.29, 0.717) is 36.2 Å². The summed E-state index contributed by atoms with van der Waals surface area (Å²) in [5.74, 6) is -0.374. The van der Waals surface area contributed by atoms with Crippen LogP contribution in [0.25, 0.3) is 5.57 Å². The molecular formula is C19H25FN6O. The van der Waals surface area contributed by atoms with Gasteiger partial charge in [0.15, 0.2) is 0 Å². The zero-order valence-corrected chi connectivity index (χ0v) is 15.8. The quantitative estimate of drug-likeness (QED) is 0.538. The minimum Gasteiger partial charge on any atom is -0.404 e. The highest BCUT2D eigenvalue weighted by atomic mass is 19.1. The van der Waals surface area contributed by atoms with Gasteiger partial charge in [-0.2, -0.15) is 0 Å². The second-order valence-corrected chi connectivity index (χ2v) is 6.07. The third-order valence-electron chi connectivity index (χ3n) is 4.37. The van der Waals surface area contributed by atoms with Gasteiger partial charge in [0, 0.05) is 63.2 Å². The molecule has 8 heteroatoms. The first-order valence-corrected chi connectivity index (χ1v) is 8.55. The fraction of sp³-hybridized carbons (Fsp3) is 0.316. The Morgan fingerprint density at radius 3 is 2.74 bits per heavy atom. The van der Waals surface area contributed by atoms with E-state index in [1.807, 2.05) is 0 Å². The van der Waals surface area contributed by atoms with E-state index >= 15 is 0 Å². The molecule has 1 aromatic carbocycles. The molecular weight excluding hydrogens is 347 g/mol. The van der Waals surface area contributed by atoms with Crippen LogP contribution in [0, 0.1) is 5.82 Å². The predicted octanol–water partition coefficient (Wildman–Crippen LogP) is 1.54. The summed E-state index contributed by atoms with van der Waals surface area (Å²) in [5, 5.41) is 3.09. The molecule has 2 rings (SSSR count). The zero-order chi connectivity index (χ0) is 20.0. The molecule has 0 saturated heterocycles. The van der Waals surface area contributed by atoms with Crippen LogP contribution in [0.15, 0.2) is 45.7 Å². The van der Waals surface area contributed by atoms with Gasteiger partial charge in [0.25, 0.3) is 0 Å². The van der Waals surface area contributed by atoms with Gasteiger partial charge in [-0.15, -0.1) is 0 Å². The second kappa shape index (κ2) is 8.98. The van der Waals surface area contributed by atoms with Crippen molar-refractivity contribution in [1.82, 2.24) is 10.2 Å². The van der Waals surface area contributed by atoms with Crippen molar-refractivity contribution in [2.45, 2.75) is 13.3 Å². The molecule has 0 atom stereocenters. The maximum atomic E-state index is 14.3. The fourth-order valence-corrected chi connectivity index (χ4v) is 2.87. The minimum atomic E-state index is -0.502. The highest BCUT2D eigenvalue weighted by molar-refractivity contribution is 6.10. The first-order valence-electron chi connectivity index (χ1n) is 8.55. The van der Waals surface area contributed by atoms with Gasteiger partial charge in [0.1, 0.15) is 17.3 Å². The molecule has 0 fully saturated rings. The lowest BCUT2D eigenvalue weighted by Gasteiger charge is -2.29. The lowest BCUT2D eigenvalue weighted by atomic mass is 10.0. The Morgan fingerprint density at radius 1 is 1.41 bits per heavy atom. The number of rotatable bonds is 5. The molecule has 0 aromatic heterocycles. The van der Waals surface area contributed by atoms with Crippen molar-refractivity contribution in [3.8, 4) is 0 Å². The summed E-state index contributed by atoms with van der Waals surface area (Å²) >= 11 is 0. The Labute approximate surface area is 158 Å². The lowest BCUT2D eigenvalue weighted by molar-refractivity contribution is -0.128. The maximum Gasteiger partial charge on any atom is 0.219 e. The molecule has 1 amide bonds. The summed E-state index contributed by atoms with van der Waals surface area (Å²) in [7, 11) is 3.41. The smallest absolute Gasteiger partial charge is 0.219 e. The van der Waals surface area contributed by atoms with Crippen LogP contribution < -0.4 is 16.8 Å². The van der Waals surface area contributed by atoms with Crippen LogP contribution in [0.1, 0.15) is 18.9 Å².